The number of anilines is 1. The summed E-state index contributed by atoms with van der Waals surface area (Å²) in [5.41, 5.74) is 0.275. The second-order valence-electron chi connectivity index (χ2n) is 4.66. The van der Waals surface area contributed by atoms with Gasteiger partial charge in [-0.05, 0) is 52.3 Å². The molecule has 122 valence electrons. The van der Waals surface area contributed by atoms with Crippen molar-refractivity contribution in [3.05, 3.63) is 51.5 Å². The van der Waals surface area contributed by atoms with Gasteiger partial charge >= 0.3 is 0 Å². The number of aromatic hydroxyl groups is 1. The first-order valence-corrected chi connectivity index (χ1v) is 9.39. The number of rotatable bonds is 4. The lowest BCUT2D eigenvalue weighted by Gasteiger charge is -2.11. The molecular weight excluding hydrogens is 406 g/mol. The van der Waals surface area contributed by atoms with Crippen molar-refractivity contribution in [1.29, 1.82) is 0 Å². The third-order valence-corrected chi connectivity index (χ3v) is 5.79. The predicted molar refractivity (Wildman–Crippen MR) is 92.9 cm³/mol. The van der Waals surface area contributed by atoms with Gasteiger partial charge in [-0.1, -0.05) is 18.5 Å². The van der Waals surface area contributed by atoms with Crippen LogP contribution in [-0.2, 0) is 9.84 Å². The van der Waals surface area contributed by atoms with Crippen LogP contribution in [0, 0.1) is 0 Å². The molecule has 0 saturated heterocycles. The van der Waals surface area contributed by atoms with Crippen LogP contribution in [0.15, 0.2) is 45.8 Å². The first-order valence-electron chi connectivity index (χ1n) is 6.57. The van der Waals surface area contributed by atoms with E-state index >= 15 is 0 Å². The van der Waals surface area contributed by atoms with E-state index in [1.165, 1.54) is 31.2 Å². The SMILES string of the molecule is CCS(=O)(=O)c1ccc(O)c(NC(=O)c2cc(Cl)ccc2Br)c1. The van der Waals surface area contributed by atoms with Crippen molar-refractivity contribution in [3.8, 4) is 5.75 Å². The van der Waals surface area contributed by atoms with Gasteiger partial charge in [0.15, 0.2) is 9.84 Å². The highest BCUT2D eigenvalue weighted by atomic mass is 79.9. The first kappa shape index (κ1) is 17.8. The number of sulfone groups is 1. The monoisotopic (exact) mass is 417 g/mol. The fraction of sp³-hybridized carbons (Fsp3) is 0.133. The largest absolute Gasteiger partial charge is 0.506 e. The van der Waals surface area contributed by atoms with Crippen LogP contribution in [0.5, 0.6) is 5.75 Å². The summed E-state index contributed by atoms with van der Waals surface area (Å²) in [5.74, 6) is -0.836. The molecule has 0 heterocycles. The highest BCUT2D eigenvalue weighted by molar-refractivity contribution is 9.10. The third kappa shape index (κ3) is 4.04. The Bertz CT molecular complexity index is 868. The quantitative estimate of drug-likeness (QED) is 0.739. The first-order chi connectivity index (χ1) is 10.7. The standard InChI is InChI=1S/C15H13BrClNO4S/c1-2-23(21,22)10-4-6-14(19)13(8-10)18-15(20)11-7-9(17)3-5-12(11)16/h3-8,19H,2H2,1H3,(H,18,20). The summed E-state index contributed by atoms with van der Waals surface area (Å²) in [6.07, 6.45) is 0. The number of nitrogens with one attached hydrogen (secondary N) is 1. The second-order valence-corrected chi connectivity index (χ2v) is 8.23. The summed E-state index contributed by atoms with van der Waals surface area (Å²) in [5, 5.41) is 12.7. The van der Waals surface area contributed by atoms with E-state index in [9.17, 15) is 18.3 Å². The number of benzene rings is 2. The Labute approximate surface area is 147 Å². The van der Waals surface area contributed by atoms with Crippen molar-refractivity contribution < 1.29 is 18.3 Å². The Kier molecular flexibility index (Phi) is 5.33. The molecule has 0 aliphatic heterocycles. The number of phenolic OH excluding ortho intramolecular Hbond substituents is 1. The summed E-state index contributed by atoms with van der Waals surface area (Å²) in [6, 6.07) is 8.45. The van der Waals surface area contributed by atoms with Gasteiger partial charge in [0.25, 0.3) is 5.91 Å². The van der Waals surface area contributed by atoms with E-state index in [0.717, 1.165) is 0 Å². The predicted octanol–water partition coefficient (Wildman–Crippen LogP) is 3.85. The zero-order valence-electron chi connectivity index (χ0n) is 12.0. The van der Waals surface area contributed by atoms with Gasteiger partial charge in [-0.15, -0.1) is 0 Å². The lowest BCUT2D eigenvalue weighted by Crippen LogP contribution is -2.13. The minimum atomic E-state index is -3.45. The molecule has 5 nitrogen and oxygen atoms in total. The maximum atomic E-state index is 12.3. The van der Waals surface area contributed by atoms with Crippen LogP contribution in [0.1, 0.15) is 17.3 Å². The Morgan fingerprint density at radius 2 is 1.96 bits per heavy atom. The van der Waals surface area contributed by atoms with Crippen molar-refractivity contribution in [2.75, 3.05) is 11.1 Å². The van der Waals surface area contributed by atoms with Gasteiger partial charge in [0.2, 0.25) is 0 Å². The minimum Gasteiger partial charge on any atom is -0.506 e. The zero-order chi connectivity index (χ0) is 17.2. The molecule has 8 heteroatoms. The van der Waals surface area contributed by atoms with Gasteiger partial charge in [-0.25, -0.2) is 8.42 Å². The van der Waals surface area contributed by atoms with E-state index in [2.05, 4.69) is 21.2 Å². The number of amides is 1. The van der Waals surface area contributed by atoms with Crippen LogP contribution >= 0.6 is 27.5 Å². The molecule has 0 radical (unpaired) electrons. The van der Waals surface area contributed by atoms with E-state index in [-0.39, 0.29) is 27.6 Å². The lowest BCUT2D eigenvalue weighted by atomic mass is 10.2. The Balaban J connectivity index is 2.38. The van der Waals surface area contributed by atoms with Crippen molar-refractivity contribution in [2.45, 2.75) is 11.8 Å². The molecule has 0 aromatic heterocycles. The summed E-state index contributed by atoms with van der Waals surface area (Å²) in [4.78, 5) is 12.3. The normalized spacial score (nSPS) is 11.3. The highest BCUT2D eigenvalue weighted by Gasteiger charge is 2.17. The van der Waals surface area contributed by atoms with E-state index in [1.54, 1.807) is 12.1 Å². The molecule has 0 aliphatic rings. The maximum Gasteiger partial charge on any atom is 0.256 e. The number of hydrogen-bond acceptors (Lipinski definition) is 4. The van der Waals surface area contributed by atoms with E-state index in [4.69, 9.17) is 11.6 Å². The molecule has 23 heavy (non-hydrogen) atoms. The number of halogens is 2. The third-order valence-electron chi connectivity index (χ3n) is 3.13. The van der Waals surface area contributed by atoms with Crippen LogP contribution in [0.2, 0.25) is 5.02 Å². The molecule has 0 fully saturated rings. The molecular formula is C15H13BrClNO4S. The number of phenols is 1. The lowest BCUT2D eigenvalue weighted by molar-refractivity contribution is 0.102. The smallest absolute Gasteiger partial charge is 0.256 e. The number of carbonyl (C=O) groups excluding carboxylic acids is 1. The van der Waals surface area contributed by atoms with Gasteiger partial charge in [-0.3, -0.25) is 4.79 Å². The summed E-state index contributed by atoms with van der Waals surface area (Å²) < 4.78 is 24.3. The molecule has 2 aromatic carbocycles. The molecule has 2 rings (SSSR count). The Hall–Kier alpha value is -1.57. The topological polar surface area (TPSA) is 83.5 Å². The van der Waals surface area contributed by atoms with Gasteiger partial charge in [-0.2, -0.15) is 0 Å². The average Bonchev–Trinajstić information content (AvgIpc) is 2.51. The second kappa shape index (κ2) is 6.90. The zero-order valence-corrected chi connectivity index (χ0v) is 15.2. The maximum absolute atomic E-state index is 12.3. The molecule has 2 aromatic rings. The van der Waals surface area contributed by atoms with Crippen LogP contribution in [0.4, 0.5) is 5.69 Å². The van der Waals surface area contributed by atoms with Gasteiger partial charge in [0.05, 0.1) is 21.9 Å². The van der Waals surface area contributed by atoms with Gasteiger partial charge in [0, 0.05) is 9.50 Å². The number of carbonyl (C=O) groups is 1. The van der Waals surface area contributed by atoms with E-state index in [1.807, 2.05) is 0 Å². The van der Waals surface area contributed by atoms with Crippen LogP contribution in [0.25, 0.3) is 0 Å². The summed E-state index contributed by atoms with van der Waals surface area (Å²) in [7, 11) is -3.45. The number of hydrogen-bond donors (Lipinski definition) is 2. The molecule has 1 amide bonds. The minimum absolute atomic E-state index is 0.0106. The Morgan fingerprint density at radius 1 is 1.26 bits per heavy atom. The van der Waals surface area contributed by atoms with Crippen molar-refractivity contribution in [2.24, 2.45) is 0 Å². The van der Waals surface area contributed by atoms with Gasteiger partial charge < -0.3 is 10.4 Å². The fourth-order valence-electron chi connectivity index (χ4n) is 1.84. The molecule has 0 spiro atoms. The van der Waals surface area contributed by atoms with E-state index in [0.29, 0.717) is 9.50 Å². The average molecular weight is 419 g/mol. The van der Waals surface area contributed by atoms with Crippen LogP contribution < -0.4 is 5.32 Å². The van der Waals surface area contributed by atoms with Crippen molar-refractivity contribution in [3.63, 3.8) is 0 Å². The molecule has 0 saturated carbocycles. The van der Waals surface area contributed by atoms with Crippen LogP contribution in [0.3, 0.4) is 0 Å². The molecule has 0 aliphatic carbocycles. The molecule has 0 atom stereocenters. The van der Waals surface area contributed by atoms with E-state index < -0.39 is 15.7 Å². The van der Waals surface area contributed by atoms with Crippen molar-refractivity contribution >= 4 is 49.0 Å². The van der Waals surface area contributed by atoms with Gasteiger partial charge in [0.1, 0.15) is 5.75 Å². The fourth-order valence-corrected chi connectivity index (χ4v) is 3.34. The summed E-state index contributed by atoms with van der Waals surface area (Å²) in [6.45, 7) is 1.52. The highest BCUT2D eigenvalue weighted by Crippen LogP contribution is 2.29. The molecule has 2 N–H and O–H groups in total. The van der Waals surface area contributed by atoms with Crippen LogP contribution in [-0.4, -0.2) is 25.2 Å². The molecule has 0 bridgehead atoms. The van der Waals surface area contributed by atoms with Crippen molar-refractivity contribution in [1.82, 2.24) is 0 Å². The Morgan fingerprint density at radius 3 is 2.61 bits per heavy atom. The molecule has 0 unspecified atom stereocenters. The summed E-state index contributed by atoms with van der Waals surface area (Å²) >= 11 is 9.11.